The first-order valence-electron chi connectivity index (χ1n) is 8.72. The molecule has 0 radical (unpaired) electrons. The molecule has 4 aromatic rings. The Kier molecular flexibility index (Phi) is 4.35. The van der Waals surface area contributed by atoms with E-state index in [9.17, 15) is 0 Å². The van der Waals surface area contributed by atoms with Crippen LogP contribution in [0.25, 0.3) is 11.0 Å². The highest BCUT2D eigenvalue weighted by molar-refractivity contribution is 5.76. The number of rotatable bonds is 5. The molecule has 0 fully saturated rings. The van der Waals surface area contributed by atoms with Crippen LogP contribution in [0.4, 0.5) is 5.82 Å². The summed E-state index contributed by atoms with van der Waals surface area (Å²) in [7, 11) is 0. The van der Waals surface area contributed by atoms with Crippen LogP contribution in [0.1, 0.15) is 22.6 Å². The van der Waals surface area contributed by atoms with Crippen molar-refractivity contribution in [1.29, 1.82) is 0 Å². The van der Waals surface area contributed by atoms with Gasteiger partial charge in [-0.05, 0) is 37.1 Å². The predicted molar refractivity (Wildman–Crippen MR) is 104 cm³/mol. The number of hydrogen-bond acceptors (Lipinski definition) is 4. The van der Waals surface area contributed by atoms with E-state index in [1.807, 2.05) is 50.5 Å². The summed E-state index contributed by atoms with van der Waals surface area (Å²) in [5.74, 6) is 1.86. The maximum Gasteiger partial charge on any atom is 0.148 e. The van der Waals surface area contributed by atoms with Gasteiger partial charge in [0.1, 0.15) is 11.6 Å². The number of para-hydroxylation sites is 2. The van der Waals surface area contributed by atoms with Crippen molar-refractivity contribution in [2.75, 3.05) is 5.32 Å². The second-order valence-corrected chi connectivity index (χ2v) is 6.42. The van der Waals surface area contributed by atoms with Crippen LogP contribution in [0.3, 0.4) is 0 Å². The van der Waals surface area contributed by atoms with Gasteiger partial charge in [0.05, 0.1) is 16.7 Å². The summed E-state index contributed by atoms with van der Waals surface area (Å²) in [6, 6.07) is 16.5. The molecule has 2 aromatic carbocycles. The first kappa shape index (κ1) is 16.3. The van der Waals surface area contributed by atoms with Crippen LogP contribution in [-0.4, -0.2) is 19.5 Å². The van der Waals surface area contributed by atoms with Crippen molar-refractivity contribution in [2.24, 2.45) is 0 Å². The lowest BCUT2D eigenvalue weighted by atomic mass is 10.1. The van der Waals surface area contributed by atoms with Gasteiger partial charge in [0.25, 0.3) is 0 Å². The Morgan fingerprint density at radius 1 is 0.923 bits per heavy atom. The fourth-order valence-corrected chi connectivity index (χ4v) is 3.05. The van der Waals surface area contributed by atoms with Gasteiger partial charge < -0.3 is 9.88 Å². The third kappa shape index (κ3) is 3.42. The minimum Gasteiger partial charge on any atom is -0.364 e. The largest absolute Gasteiger partial charge is 0.364 e. The number of hydrogen-bond donors (Lipinski definition) is 1. The van der Waals surface area contributed by atoms with Crippen molar-refractivity contribution in [3.8, 4) is 0 Å². The number of aromatic nitrogens is 4. The van der Waals surface area contributed by atoms with E-state index < -0.39 is 0 Å². The third-order valence-corrected chi connectivity index (χ3v) is 4.47. The monoisotopic (exact) mass is 343 g/mol. The lowest BCUT2D eigenvalue weighted by molar-refractivity contribution is 0.760. The molecule has 5 heteroatoms. The molecular weight excluding hydrogens is 322 g/mol. The quantitative estimate of drug-likeness (QED) is 0.593. The van der Waals surface area contributed by atoms with Crippen LogP contribution in [0.15, 0.2) is 60.9 Å². The number of aryl methyl sites for hydroxylation is 2. The summed E-state index contributed by atoms with van der Waals surface area (Å²) in [5.41, 5.74) is 5.22. The van der Waals surface area contributed by atoms with Crippen LogP contribution in [0.2, 0.25) is 0 Å². The zero-order valence-electron chi connectivity index (χ0n) is 15.0. The molecule has 0 unspecified atom stereocenters. The minimum atomic E-state index is 0.713. The molecular formula is C21H21N5. The number of fused-ring (bicyclic) bond motifs is 1. The number of imidazole rings is 1. The van der Waals surface area contributed by atoms with Crippen molar-refractivity contribution in [3.05, 3.63) is 83.6 Å². The normalized spacial score (nSPS) is 11.0. The third-order valence-electron chi connectivity index (χ3n) is 4.47. The average molecular weight is 343 g/mol. The maximum absolute atomic E-state index is 4.70. The summed E-state index contributed by atoms with van der Waals surface area (Å²) in [4.78, 5) is 13.6. The Labute approximate surface area is 152 Å². The summed E-state index contributed by atoms with van der Waals surface area (Å²) < 4.78 is 2.14. The Morgan fingerprint density at radius 3 is 2.46 bits per heavy atom. The van der Waals surface area contributed by atoms with Gasteiger partial charge in [-0.1, -0.05) is 36.4 Å². The number of benzene rings is 2. The smallest absolute Gasteiger partial charge is 0.148 e. The Morgan fingerprint density at radius 2 is 1.69 bits per heavy atom. The molecule has 0 aliphatic carbocycles. The summed E-state index contributed by atoms with van der Waals surface area (Å²) in [6.07, 6.45) is 3.84. The Balaban J connectivity index is 1.50. The second-order valence-electron chi connectivity index (χ2n) is 6.42. The molecule has 0 aliphatic rings. The van der Waals surface area contributed by atoms with E-state index in [2.05, 4.69) is 44.1 Å². The summed E-state index contributed by atoms with van der Waals surface area (Å²) in [6.45, 7) is 5.55. The van der Waals surface area contributed by atoms with Gasteiger partial charge in [-0.2, -0.15) is 0 Å². The summed E-state index contributed by atoms with van der Waals surface area (Å²) in [5, 5.41) is 3.43. The van der Waals surface area contributed by atoms with Gasteiger partial charge in [-0.15, -0.1) is 0 Å². The molecule has 5 nitrogen and oxygen atoms in total. The zero-order valence-corrected chi connectivity index (χ0v) is 15.0. The molecule has 0 atom stereocenters. The van der Waals surface area contributed by atoms with E-state index in [1.165, 1.54) is 11.1 Å². The van der Waals surface area contributed by atoms with Crippen molar-refractivity contribution in [1.82, 2.24) is 19.5 Å². The van der Waals surface area contributed by atoms with Crippen molar-refractivity contribution in [3.63, 3.8) is 0 Å². The standard InChI is InChI=1S/C21H21N5/c1-15-21(25-20-9-4-3-8-19(20)24-15)23-13-17-6-5-7-18(12-17)14-26-11-10-22-16(26)2/h3-12H,13-14H2,1-2H3,(H,23,25). The van der Waals surface area contributed by atoms with Gasteiger partial charge in [0.15, 0.2) is 0 Å². The van der Waals surface area contributed by atoms with Crippen molar-refractivity contribution in [2.45, 2.75) is 26.9 Å². The van der Waals surface area contributed by atoms with Crippen molar-refractivity contribution < 1.29 is 0 Å². The molecule has 0 saturated heterocycles. The van der Waals surface area contributed by atoms with Gasteiger partial charge in [-0.25, -0.2) is 15.0 Å². The highest BCUT2D eigenvalue weighted by Crippen LogP contribution is 2.17. The topological polar surface area (TPSA) is 55.6 Å². The van der Waals surface area contributed by atoms with Gasteiger partial charge in [0, 0.05) is 25.5 Å². The number of nitrogens with zero attached hydrogens (tertiary/aromatic N) is 4. The molecule has 4 rings (SSSR count). The van der Waals surface area contributed by atoms with Crippen LogP contribution in [0.5, 0.6) is 0 Å². The van der Waals surface area contributed by atoms with Gasteiger partial charge in [0.2, 0.25) is 0 Å². The molecule has 0 aliphatic heterocycles. The SMILES string of the molecule is Cc1nc2ccccc2nc1NCc1cccc(Cn2ccnc2C)c1. The minimum absolute atomic E-state index is 0.713. The van der Waals surface area contributed by atoms with Crippen LogP contribution < -0.4 is 5.32 Å². The second kappa shape index (κ2) is 6.96. The van der Waals surface area contributed by atoms with E-state index in [4.69, 9.17) is 4.98 Å². The van der Waals surface area contributed by atoms with Crippen LogP contribution in [-0.2, 0) is 13.1 Å². The molecule has 130 valence electrons. The first-order valence-corrected chi connectivity index (χ1v) is 8.72. The highest BCUT2D eigenvalue weighted by atomic mass is 15.0. The lowest BCUT2D eigenvalue weighted by Gasteiger charge is -2.11. The molecule has 0 amide bonds. The maximum atomic E-state index is 4.70. The molecule has 0 saturated carbocycles. The van der Waals surface area contributed by atoms with E-state index in [-0.39, 0.29) is 0 Å². The van der Waals surface area contributed by atoms with Crippen LogP contribution in [0, 0.1) is 13.8 Å². The predicted octanol–water partition coefficient (Wildman–Crippen LogP) is 4.10. The summed E-state index contributed by atoms with van der Waals surface area (Å²) >= 11 is 0. The number of nitrogens with one attached hydrogen (secondary N) is 1. The van der Waals surface area contributed by atoms with E-state index in [0.29, 0.717) is 6.54 Å². The van der Waals surface area contributed by atoms with E-state index >= 15 is 0 Å². The fourth-order valence-electron chi connectivity index (χ4n) is 3.05. The van der Waals surface area contributed by atoms with Crippen molar-refractivity contribution >= 4 is 16.9 Å². The fraction of sp³-hybridized carbons (Fsp3) is 0.190. The lowest BCUT2D eigenvalue weighted by Crippen LogP contribution is -2.06. The molecule has 2 aromatic heterocycles. The average Bonchev–Trinajstić information content (AvgIpc) is 3.05. The Bertz CT molecular complexity index is 1050. The first-order chi connectivity index (χ1) is 12.7. The molecule has 0 spiro atoms. The van der Waals surface area contributed by atoms with Gasteiger partial charge in [-0.3, -0.25) is 0 Å². The Hall–Kier alpha value is -3.21. The molecule has 2 heterocycles. The molecule has 26 heavy (non-hydrogen) atoms. The highest BCUT2D eigenvalue weighted by Gasteiger charge is 2.05. The van der Waals surface area contributed by atoms with Crippen LogP contribution >= 0.6 is 0 Å². The van der Waals surface area contributed by atoms with E-state index in [0.717, 1.165) is 34.9 Å². The van der Waals surface area contributed by atoms with E-state index in [1.54, 1.807) is 0 Å². The van der Waals surface area contributed by atoms with Gasteiger partial charge >= 0.3 is 0 Å². The molecule has 0 bridgehead atoms. The number of anilines is 1. The molecule has 1 N–H and O–H groups in total. The zero-order chi connectivity index (χ0) is 17.9.